The molecule has 2 aliphatic rings. The highest BCUT2D eigenvalue weighted by atomic mass is 19.1. The number of anilines is 6. The van der Waals surface area contributed by atoms with Crippen molar-refractivity contribution in [3.63, 3.8) is 0 Å². The summed E-state index contributed by atoms with van der Waals surface area (Å²) in [6.45, 7) is 8.16. The molecule has 15 rings (SSSR count). The molecule has 0 fully saturated rings. The van der Waals surface area contributed by atoms with E-state index in [9.17, 15) is 0 Å². The van der Waals surface area contributed by atoms with E-state index in [1.54, 1.807) is 0 Å². The summed E-state index contributed by atoms with van der Waals surface area (Å²) in [5.74, 6) is -0.674. The van der Waals surface area contributed by atoms with E-state index in [2.05, 4.69) is 229 Å². The summed E-state index contributed by atoms with van der Waals surface area (Å²) in [6, 6.07) is 95.7. The SMILES string of the molecule is C=Cc1ccc(C2(c3ccccc3)c3ccccc3-c3ccc(N(c4ccc(F)cc4)c4cccc5oc6cccc(N(c7ccc(F)cc7)c7ccc8c(c7)C(c7ccccc7)(c7ccc(C=C)cc7)c7ccccc7-8)c6c45)cc32)cc1. The average Bonchev–Trinajstić information content (AvgIpc) is 3.99. The lowest BCUT2D eigenvalue weighted by Crippen LogP contribution is -2.28. The number of hydrogen-bond acceptors (Lipinski definition) is 3. The van der Waals surface area contributed by atoms with Crippen molar-refractivity contribution in [2.24, 2.45) is 0 Å². The van der Waals surface area contributed by atoms with Crippen molar-refractivity contribution in [2.75, 3.05) is 9.80 Å². The van der Waals surface area contributed by atoms with Crippen LogP contribution in [0.2, 0.25) is 0 Å². The second kappa shape index (κ2) is 19.6. The number of rotatable bonds is 12. The fourth-order valence-corrected chi connectivity index (χ4v) is 13.7. The third-order valence-electron chi connectivity index (χ3n) is 17.3. The van der Waals surface area contributed by atoms with Gasteiger partial charge < -0.3 is 14.2 Å². The first-order valence-corrected chi connectivity index (χ1v) is 28.0. The van der Waals surface area contributed by atoms with Gasteiger partial charge in [0.15, 0.2) is 0 Å². The summed E-state index contributed by atoms with van der Waals surface area (Å²) < 4.78 is 37.6. The van der Waals surface area contributed by atoms with E-state index in [0.29, 0.717) is 11.2 Å². The molecule has 0 saturated heterocycles. The van der Waals surface area contributed by atoms with Gasteiger partial charge in [-0.15, -0.1) is 0 Å². The Morgan fingerprint density at radius 2 is 0.663 bits per heavy atom. The van der Waals surface area contributed by atoms with Crippen molar-refractivity contribution < 1.29 is 13.2 Å². The molecule has 0 radical (unpaired) electrons. The lowest BCUT2D eigenvalue weighted by molar-refractivity contribution is 0.627. The number of fused-ring (bicyclic) bond motifs is 9. The summed E-state index contributed by atoms with van der Waals surface area (Å²) in [7, 11) is 0. The second-order valence-corrected chi connectivity index (χ2v) is 21.5. The minimum absolute atomic E-state index is 0.337. The molecule has 0 saturated carbocycles. The van der Waals surface area contributed by atoms with Gasteiger partial charge in [0, 0.05) is 22.7 Å². The minimum Gasteiger partial charge on any atom is -0.456 e. The molecule has 5 heteroatoms. The van der Waals surface area contributed by atoms with Crippen LogP contribution >= 0.6 is 0 Å². The molecule has 0 spiro atoms. The lowest BCUT2D eigenvalue weighted by Gasteiger charge is -2.35. The highest BCUT2D eigenvalue weighted by Gasteiger charge is 2.48. The average molecular weight is 1070 g/mol. The molecule has 1 heterocycles. The maximum Gasteiger partial charge on any atom is 0.137 e. The third kappa shape index (κ3) is 7.55. The molecule has 2 aliphatic carbocycles. The molecule has 0 aliphatic heterocycles. The number of nitrogens with zero attached hydrogens (tertiary/aromatic N) is 2. The number of halogens is 2. The maximum atomic E-state index is 15.3. The van der Waals surface area contributed by atoms with E-state index in [4.69, 9.17) is 4.42 Å². The third-order valence-corrected chi connectivity index (χ3v) is 17.3. The fourth-order valence-electron chi connectivity index (χ4n) is 13.7. The highest BCUT2D eigenvalue weighted by Crippen LogP contribution is 2.60. The smallest absolute Gasteiger partial charge is 0.137 e. The van der Waals surface area contributed by atoms with Gasteiger partial charge >= 0.3 is 0 Å². The van der Waals surface area contributed by atoms with Gasteiger partial charge in [-0.05, 0) is 175 Å². The van der Waals surface area contributed by atoms with Crippen molar-refractivity contribution in [2.45, 2.75) is 10.8 Å². The summed E-state index contributed by atoms with van der Waals surface area (Å²) in [5.41, 5.74) is 20.6. The van der Waals surface area contributed by atoms with Crippen LogP contribution in [0.1, 0.15) is 55.6 Å². The van der Waals surface area contributed by atoms with Crippen LogP contribution < -0.4 is 9.80 Å². The predicted octanol–water partition coefficient (Wildman–Crippen LogP) is 20.8. The Labute approximate surface area is 481 Å². The number of hydrogen-bond donors (Lipinski definition) is 0. The van der Waals surface area contributed by atoms with Crippen molar-refractivity contribution >= 4 is 68.2 Å². The molecule has 2 atom stereocenters. The van der Waals surface area contributed by atoms with Crippen LogP contribution in [0.3, 0.4) is 0 Å². The zero-order chi connectivity index (χ0) is 55.8. The summed E-state index contributed by atoms with van der Waals surface area (Å²) in [4.78, 5) is 4.46. The van der Waals surface area contributed by atoms with Crippen molar-refractivity contribution in [3.8, 4) is 22.3 Å². The van der Waals surface area contributed by atoms with E-state index in [-0.39, 0.29) is 11.6 Å². The van der Waals surface area contributed by atoms with Gasteiger partial charge in [0.1, 0.15) is 22.8 Å². The van der Waals surface area contributed by atoms with E-state index in [0.717, 1.165) is 112 Å². The Morgan fingerprint density at radius 1 is 0.313 bits per heavy atom. The summed E-state index contributed by atoms with van der Waals surface area (Å²) >= 11 is 0. The molecule has 0 bridgehead atoms. The molecule has 12 aromatic carbocycles. The monoisotopic (exact) mass is 1070 g/mol. The molecule has 0 amide bonds. The van der Waals surface area contributed by atoms with Gasteiger partial charge in [-0.3, -0.25) is 0 Å². The Kier molecular flexibility index (Phi) is 11.7. The summed E-state index contributed by atoms with van der Waals surface area (Å²) in [6.07, 6.45) is 3.76. The molecule has 13 aromatic rings. The first-order valence-electron chi connectivity index (χ1n) is 28.0. The van der Waals surface area contributed by atoms with Crippen LogP contribution in [-0.4, -0.2) is 0 Å². The molecular weight excluding hydrogens is 1020 g/mol. The van der Waals surface area contributed by atoms with E-state index in [1.807, 2.05) is 60.7 Å². The van der Waals surface area contributed by atoms with Gasteiger partial charge in [0.2, 0.25) is 0 Å². The molecule has 3 nitrogen and oxygen atoms in total. The Hall–Kier alpha value is -10.6. The van der Waals surface area contributed by atoms with E-state index >= 15 is 8.78 Å². The van der Waals surface area contributed by atoms with Crippen LogP contribution in [-0.2, 0) is 10.8 Å². The van der Waals surface area contributed by atoms with E-state index < -0.39 is 10.8 Å². The molecule has 83 heavy (non-hydrogen) atoms. The summed E-state index contributed by atoms with van der Waals surface area (Å²) in [5, 5.41) is 1.70. The van der Waals surface area contributed by atoms with Gasteiger partial charge in [0.05, 0.1) is 33.0 Å². The normalized spacial score (nSPS) is 15.5. The van der Waals surface area contributed by atoms with Crippen LogP contribution in [0.4, 0.5) is 42.9 Å². The fraction of sp³-hybridized carbons (Fsp3) is 0.0256. The number of furan rings is 1. The van der Waals surface area contributed by atoms with Crippen molar-refractivity contribution in [3.05, 3.63) is 359 Å². The number of benzene rings is 12. The first kappa shape index (κ1) is 49.4. The largest absolute Gasteiger partial charge is 0.456 e. The molecular formula is C78H52F2N2O. The Morgan fingerprint density at radius 3 is 1.06 bits per heavy atom. The topological polar surface area (TPSA) is 19.6 Å². The lowest BCUT2D eigenvalue weighted by atomic mass is 9.67. The van der Waals surface area contributed by atoms with Crippen LogP contribution in [0, 0.1) is 11.6 Å². The first-order chi connectivity index (χ1) is 40.9. The van der Waals surface area contributed by atoms with Gasteiger partial charge in [-0.25, -0.2) is 8.78 Å². The quantitative estimate of drug-likeness (QED) is 0.122. The maximum absolute atomic E-state index is 15.3. The molecule has 0 N–H and O–H groups in total. The Balaban J connectivity index is 0.984. The zero-order valence-electron chi connectivity index (χ0n) is 45.2. The van der Waals surface area contributed by atoms with Crippen LogP contribution in [0.15, 0.2) is 297 Å². The van der Waals surface area contributed by atoms with Gasteiger partial charge in [-0.2, -0.15) is 0 Å². The van der Waals surface area contributed by atoms with E-state index in [1.165, 1.54) is 35.4 Å². The minimum atomic E-state index is -0.709. The van der Waals surface area contributed by atoms with Crippen molar-refractivity contribution in [1.82, 2.24) is 0 Å². The van der Waals surface area contributed by atoms with Gasteiger partial charge in [0.25, 0.3) is 0 Å². The second-order valence-electron chi connectivity index (χ2n) is 21.5. The predicted molar refractivity (Wildman–Crippen MR) is 338 cm³/mol. The Bertz CT molecular complexity index is 4370. The van der Waals surface area contributed by atoms with Crippen molar-refractivity contribution in [1.29, 1.82) is 0 Å². The molecule has 394 valence electrons. The highest BCUT2D eigenvalue weighted by molar-refractivity contribution is 6.19. The van der Waals surface area contributed by atoms with Crippen LogP contribution in [0.25, 0.3) is 56.3 Å². The standard InChI is InChI=1S/C78H52F2N2O/c1-3-51-29-33-55(34-30-51)77(53-17-7-5-8-18-53)67-23-13-11-21-63(67)65-47-45-61(49-69(65)77)81(59-41-37-57(79)38-42-59)71-25-15-27-73-75(71)76-72(26-16-28-74(76)83-73)82(60-43-39-58(80)40-44-60)62-46-48-66-64-22-12-14-24-68(64)78(70(66)50-62,54-19-9-6-10-20-54)56-35-31-52(4-2)32-36-56/h3-50H,1-2H2. The zero-order valence-corrected chi connectivity index (χ0v) is 45.2. The molecule has 1 aromatic heterocycles. The molecule has 2 unspecified atom stereocenters. The van der Waals surface area contributed by atoms with Gasteiger partial charge in [-0.1, -0.05) is 207 Å². The van der Waals surface area contributed by atoms with Crippen LogP contribution in [0.5, 0.6) is 0 Å².